The van der Waals surface area contributed by atoms with Crippen LogP contribution < -0.4 is 25.9 Å². The summed E-state index contributed by atoms with van der Waals surface area (Å²) >= 11 is 0. The zero-order valence-electron chi connectivity index (χ0n) is 34.7. The molecule has 1 amide bonds. The number of benzene rings is 2. The Kier molecular flexibility index (Phi) is 16.0. The van der Waals surface area contributed by atoms with Crippen molar-refractivity contribution < 1.29 is 38.3 Å². The van der Waals surface area contributed by atoms with Gasteiger partial charge < -0.3 is 24.4 Å². The first-order valence-corrected chi connectivity index (χ1v) is 18.3. The number of aldehydes is 1. The van der Waals surface area contributed by atoms with Crippen LogP contribution in [-0.2, 0) is 48.6 Å². The lowest BCUT2D eigenvalue weighted by molar-refractivity contribution is -0.156. The maximum Gasteiger partial charge on any atom is 0.446 e. The van der Waals surface area contributed by atoms with Crippen molar-refractivity contribution in [2.45, 2.75) is 111 Å². The summed E-state index contributed by atoms with van der Waals surface area (Å²) < 4.78 is 56.5. The summed E-state index contributed by atoms with van der Waals surface area (Å²) in [6, 6.07) is 15.6. The van der Waals surface area contributed by atoms with E-state index in [1.54, 1.807) is 47.8 Å². The second kappa shape index (κ2) is 20.6. The molecule has 2 aliphatic rings. The Morgan fingerprint density at radius 1 is 0.860 bits per heavy atom. The van der Waals surface area contributed by atoms with Crippen LogP contribution in [0, 0.1) is 0 Å². The minimum absolute atomic E-state index is 0.0511. The van der Waals surface area contributed by atoms with Crippen molar-refractivity contribution >= 4 is 12.4 Å². The van der Waals surface area contributed by atoms with Crippen molar-refractivity contribution in [2.75, 3.05) is 14.2 Å². The number of ether oxygens (including phenoxy) is 3. The highest BCUT2D eigenvalue weighted by Gasteiger charge is 2.33. The van der Waals surface area contributed by atoms with Gasteiger partial charge in [-0.2, -0.15) is 13.2 Å². The summed E-state index contributed by atoms with van der Waals surface area (Å²) in [5.74, 6) is 1.58. The number of carbonyl (C=O) groups excluding carboxylic acids is 2. The van der Waals surface area contributed by atoms with Gasteiger partial charge in [0, 0.05) is 32.8 Å². The lowest BCUT2D eigenvalue weighted by Crippen LogP contribution is -2.47. The third-order valence-electron chi connectivity index (χ3n) is 8.70. The molecule has 4 aromatic rings. The highest BCUT2D eigenvalue weighted by Crippen LogP contribution is 2.22. The molecule has 0 aliphatic carbocycles. The maximum absolute atomic E-state index is 13.0. The molecule has 57 heavy (non-hydrogen) atoms. The molecule has 310 valence electrons. The Morgan fingerprint density at radius 3 is 1.72 bits per heavy atom. The molecule has 2 aromatic carbocycles. The molecular formula is C41H53F3N6O7. The van der Waals surface area contributed by atoms with Crippen LogP contribution in [0.25, 0.3) is 0 Å². The van der Waals surface area contributed by atoms with E-state index in [9.17, 15) is 27.6 Å². The number of aromatic nitrogens is 4. The molecule has 4 heterocycles. The van der Waals surface area contributed by atoms with Gasteiger partial charge in [-0.05, 0) is 70.0 Å². The number of rotatable bonds is 6. The van der Waals surface area contributed by atoms with Gasteiger partial charge in [0.25, 0.3) is 11.1 Å². The Bertz CT molecular complexity index is 2070. The van der Waals surface area contributed by atoms with Gasteiger partial charge in [0.05, 0.1) is 69.0 Å². The highest BCUT2D eigenvalue weighted by atomic mass is 19.4. The predicted molar refractivity (Wildman–Crippen MR) is 210 cm³/mol. The first kappa shape index (κ1) is 44.2. The van der Waals surface area contributed by atoms with Gasteiger partial charge >= 0.3 is 12.3 Å². The van der Waals surface area contributed by atoms with Crippen LogP contribution in [-0.4, -0.2) is 74.5 Å². The highest BCUT2D eigenvalue weighted by molar-refractivity contribution is 5.69. The summed E-state index contributed by atoms with van der Waals surface area (Å²) in [6.45, 7) is 13.6. The van der Waals surface area contributed by atoms with Crippen LogP contribution in [0.1, 0.15) is 83.5 Å². The number of hydrogen-bond acceptors (Lipinski definition) is 10. The molecule has 16 heteroatoms. The average molecular weight is 800 g/mol. The minimum Gasteiger partial charge on any atom is -0.497 e. The number of nitrogens with zero attached hydrogens (tertiary/aromatic N) is 5. The lowest BCUT2D eigenvalue weighted by atomic mass is 10.0. The zero-order valence-corrected chi connectivity index (χ0v) is 33.7. The molecule has 2 aromatic heterocycles. The number of methoxy groups -OCH3 is 2. The first-order valence-electron chi connectivity index (χ1n) is 19.0. The molecule has 2 atom stereocenters. The van der Waals surface area contributed by atoms with Crippen LogP contribution in [0.4, 0.5) is 18.0 Å². The number of carbonyl (C=O) groups is 2. The van der Waals surface area contributed by atoms with Gasteiger partial charge in [-0.1, -0.05) is 38.1 Å². The quantitative estimate of drug-likeness (QED) is 0.228. The van der Waals surface area contributed by atoms with Crippen molar-refractivity contribution in [3.63, 3.8) is 0 Å². The van der Waals surface area contributed by atoms with Crippen LogP contribution >= 0.6 is 0 Å². The van der Waals surface area contributed by atoms with Crippen molar-refractivity contribution in [3.05, 3.63) is 116 Å². The fourth-order valence-electron chi connectivity index (χ4n) is 5.82. The fourth-order valence-corrected chi connectivity index (χ4v) is 5.82. The lowest BCUT2D eigenvalue weighted by Gasteiger charge is -2.35. The Hall–Kier alpha value is -5.51. The Balaban J connectivity index is 0.000000263. The number of amides is 1. The van der Waals surface area contributed by atoms with E-state index in [2.05, 4.69) is 22.2 Å². The van der Waals surface area contributed by atoms with Crippen molar-refractivity contribution in [1.29, 1.82) is 0 Å². The zero-order chi connectivity index (χ0) is 43.2. The molecule has 0 fully saturated rings. The van der Waals surface area contributed by atoms with E-state index in [-0.39, 0.29) is 23.7 Å². The number of fused-ring (bicyclic) bond motifs is 2. The standard InChI is InChI=1S/C21H27N3O4.C16H19N3O2.C2HF3O.C2H6/c1-14-10-18-17(12-24(14)20(26)28-21(2,3)4)19(25)23(13-22-18)11-15-6-8-16(27-5)9-7-15;1-11-7-15-14(8-17-11)16(20)19(10-18-15)9-12-3-5-13(21-2)6-4-12;3-2(4,5)1-6;1-2/h6-9,13-14H,10-12H2,1-5H3;3-6,10-11,17H,7-9H2,1-2H3;1H;1-2H3/t14-;11-;;/m11../s1/i;;;1D. The summed E-state index contributed by atoms with van der Waals surface area (Å²) in [5.41, 5.74) is 4.40. The molecule has 0 bridgehead atoms. The monoisotopic (exact) mass is 799 g/mol. The Labute approximate surface area is 332 Å². The van der Waals surface area contributed by atoms with Gasteiger partial charge in [0.1, 0.15) is 17.1 Å². The number of halogens is 3. The average Bonchev–Trinajstić information content (AvgIpc) is 3.17. The minimum atomic E-state index is -4.64. The molecule has 0 saturated carbocycles. The van der Waals surface area contributed by atoms with Gasteiger partial charge in [-0.25, -0.2) is 14.8 Å². The van der Waals surface area contributed by atoms with Gasteiger partial charge in [-0.15, -0.1) is 0 Å². The summed E-state index contributed by atoms with van der Waals surface area (Å²) in [7, 11) is 3.26. The van der Waals surface area contributed by atoms with E-state index in [4.69, 9.17) is 20.4 Å². The van der Waals surface area contributed by atoms with E-state index >= 15 is 0 Å². The SMILES string of the molecule is COc1ccc(Cn2cnc3c(c2=O)CN(C(=O)OC(C)(C)C)[C@H](C)C3)cc1.COc1ccc(Cn2cnc3c(c2=O)CN[C@H](C)C3)cc1.O=CC(F)(F)F.[2H]CC. The summed E-state index contributed by atoms with van der Waals surface area (Å²) in [5, 5.41) is 3.32. The molecule has 0 unspecified atom stereocenters. The molecular weight excluding hydrogens is 745 g/mol. The molecule has 2 aliphatic heterocycles. The topological polar surface area (TPSA) is 147 Å². The summed E-state index contributed by atoms with van der Waals surface area (Å²) in [6.07, 6.45) is -1.52. The Morgan fingerprint density at radius 2 is 1.30 bits per heavy atom. The van der Waals surface area contributed by atoms with E-state index in [0.717, 1.165) is 46.0 Å². The van der Waals surface area contributed by atoms with Crippen LogP contribution in [0.15, 0.2) is 70.8 Å². The molecule has 0 radical (unpaired) electrons. The third-order valence-corrected chi connectivity index (χ3v) is 8.70. The maximum atomic E-state index is 13.0. The molecule has 13 nitrogen and oxygen atoms in total. The van der Waals surface area contributed by atoms with Crippen LogP contribution in [0.2, 0.25) is 0 Å². The predicted octanol–water partition coefficient (Wildman–Crippen LogP) is 6.09. The number of hydrogen-bond donors (Lipinski definition) is 1. The van der Waals surface area contributed by atoms with Crippen molar-refractivity contribution in [2.24, 2.45) is 0 Å². The van der Waals surface area contributed by atoms with Crippen molar-refractivity contribution in [1.82, 2.24) is 29.3 Å². The molecule has 1 N–H and O–H groups in total. The van der Waals surface area contributed by atoms with E-state index in [1.165, 1.54) is 0 Å². The van der Waals surface area contributed by atoms with E-state index in [0.29, 0.717) is 44.6 Å². The smallest absolute Gasteiger partial charge is 0.446 e. The second-order valence-corrected chi connectivity index (χ2v) is 14.2. The molecule has 6 rings (SSSR count). The largest absolute Gasteiger partial charge is 0.497 e. The number of nitrogens with one attached hydrogen (secondary N) is 1. The van der Waals surface area contributed by atoms with Gasteiger partial charge in [-0.3, -0.25) is 23.5 Å². The first-order chi connectivity index (χ1) is 27.3. The summed E-state index contributed by atoms with van der Waals surface area (Å²) in [4.78, 5) is 57.3. The normalized spacial score (nSPS) is 16.0. The second-order valence-electron chi connectivity index (χ2n) is 14.2. The van der Waals surface area contributed by atoms with E-state index in [1.807, 2.05) is 76.2 Å². The molecule has 0 saturated heterocycles. The third kappa shape index (κ3) is 13.6. The molecule has 0 spiro atoms. The van der Waals surface area contributed by atoms with Crippen LogP contribution in [0.5, 0.6) is 11.5 Å². The van der Waals surface area contributed by atoms with Crippen LogP contribution in [0.3, 0.4) is 0 Å². The van der Waals surface area contributed by atoms with E-state index < -0.39 is 24.2 Å². The van der Waals surface area contributed by atoms with Crippen molar-refractivity contribution in [3.8, 4) is 11.5 Å². The fraction of sp³-hybridized carbons (Fsp3) is 0.463. The van der Waals surface area contributed by atoms with Gasteiger partial charge in [0.2, 0.25) is 6.29 Å². The van der Waals surface area contributed by atoms with Gasteiger partial charge in [0.15, 0.2) is 0 Å². The number of alkyl halides is 3.